The number of barbiturate groups is 1. The van der Waals surface area contributed by atoms with Gasteiger partial charge in [-0.15, -0.1) is 0 Å². The Kier molecular flexibility index (Phi) is 4.04. The highest BCUT2D eigenvalue weighted by Gasteiger charge is 2.41. The summed E-state index contributed by atoms with van der Waals surface area (Å²) in [6, 6.07) is 6.39. The molecule has 0 radical (unpaired) electrons. The minimum absolute atomic E-state index is 0.0280. The summed E-state index contributed by atoms with van der Waals surface area (Å²) in [6.07, 6.45) is 0. The van der Waals surface area contributed by atoms with Crippen molar-refractivity contribution in [1.29, 1.82) is 0 Å². The number of halogens is 1. The number of urea groups is 1. The van der Waals surface area contributed by atoms with Gasteiger partial charge in [0.05, 0.1) is 6.54 Å². The van der Waals surface area contributed by atoms with Gasteiger partial charge in [-0.05, 0) is 12.5 Å². The van der Waals surface area contributed by atoms with E-state index < -0.39 is 23.8 Å². The van der Waals surface area contributed by atoms with Gasteiger partial charge in [-0.2, -0.15) is 0 Å². The number of nitrogens with one attached hydrogen (secondary N) is 1. The van der Waals surface area contributed by atoms with Gasteiger partial charge in [0.1, 0.15) is 5.92 Å². The number of hydrogen-bond acceptors (Lipinski definition) is 3. The average Bonchev–Trinajstić information content (AvgIpc) is 2.34. The molecule has 1 aromatic rings. The lowest BCUT2D eigenvalue weighted by atomic mass is 9.94. The van der Waals surface area contributed by atoms with Gasteiger partial charge in [-0.1, -0.05) is 52.3 Å². The van der Waals surface area contributed by atoms with Crippen molar-refractivity contribution in [2.45, 2.75) is 12.8 Å². The molecule has 2 rings (SSSR count). The van der Waals surface area contributed by atoms with Crippen LogP contribution in [0.5, 0.6) is 0 Å². The molecule has 20 heavy (non-hydrogen) atoms. The fourth-order valence-corrected chi connectivity index (χ4v) is 2.33. The third-order valence-corrected chi connectivity index (χ3v) is 3.21. The van der Waals surface area contributed by atoms with Crippen LogP contribution in [0.1, 0.15) is 17.0 Å². The molecular weight excluding hydrogens is 324 g/mol. The van der Waals surface area contributed by atoms with E-state index in [2.05, 4.69) is 27.8 Å². The zero-order valence-corrected chi connectivity index (χ0v) is 12.4. The maximum Gasteiger partial charge on any atom is 0.331 e. The van der Waals surface area contributed by atoms with Gasteiger partial charge in [-0.25, -0.2) is 4.79 Å². The molecule has 1 fully saturated rings. The third-order valence-electron chi connectivity index (χ3n) is 2.96. The number of amides is 4. The number of imide groups is 2. The summed E-state index contributed by atoms with van der Waals surface area (Å²) in [6.45, 7) is 5.51. The van der Waals surface area contributed by atoms with E-state index in [-0.39, 0.29) is 6.54 Å². The summed E-state index contributed by atoms with van der Waals surface area (Å²) in [5.74, 6) is -2.13. The normalized spacial score (nSPS) is 19.0. The van der Waals surface area contributed by atoms with Crippen molar-refractivity contribution in [3.05, 3.63) is 46.5 Å². The SMILES string of the molecule is C=C(Br)CN1C(=O)NC(=O)C(c2cccc(C)c2)C1=O. The third kappa shape index (κ3) is 2.80. The monoisotopic (exact) mass is 336 g/mol. The van der Waals surface area contributed by atoms with Crippen LogP contribution in [-0.4, -0.2) is 29.3 Å². The van der Waals surface area contributed by atoms with Crippen molar-refractivity contribution in [1.82, 2.24) is 10.2 Å². The number of carbonyl (C=O) groups is 3. The molecule has 6 heteroatoms. The van der Waals surface area contributed by atoms with E-state index in [0.29, 0.717) is 10.0 Å². The molecular formula is C14H13BrN2O3. The molecule has 0 aromatic heterocycles. The molecule has 0 bridgehead atoms. The van der Waals surface area contributed by atoms with Crippen LogP contribution in [-0.2, 0) is 9.59 Å². The topological polar surface area (TPSA) is 66.5 Å². The first-order valence-electron chi connectivity index (χ1n) is 5.96. The summed E-state index contributed by atoms with van der Waals surface area (Å²) in [4.78, 5) is 37.0. The van der Waals surface area contributed by atoms with Crippen LogP contribution in [0.15, 0.2) is 35.3 Å². The van der Waals surface area contributed by atoms with Crippen molar-refractivity contribution >= 4 is 33.8 Å². The van der Waals surface area contributed by atoms with Gasteiger partial charge in [0.2, 0.25) is 11.8 Å². The van der Waals surface area contributed by atoms with Crippen LogP contribution in [0.3, 0.4) is 0 Å². The first-order valence-corrected chi connectivity index (χ1v) is 6.75. The van der Waals surface area contributed by atoms with Gasteiger partial charge in [0.25, 0.3) is 0 Å². The van der Waals surface area contributed by atoms with E-state index in [9.17, 15) is 14.4 Å². The van der Waals surface area contributed by atoms with E-state index in [0.717, 1.165) is 10.5 Å². The quantitative estimate of drug-likeness (QED) is 0.859. The summed E-state index contributed by atoms with van der Waals surface area (Å²) in [5, 5.41) is 2.20. The Morgan fingerprint density at radius 2 is 2.10 bits per heavy atom. The molecule has 5 nitrogen and oxygen atoms in total. The molecule has 0 spiro atoms. The molecule has 0 aliphatic carbocycles. The van der Waals surface area contributed by atoms with E-state index >= 15 is 0 Å². The number of nitrogens with zero attached hydrogens (tertiary/aromatic N) is 1. The lowest BCUT2D eigenvalue weighted by Gasteiger charge is -2.30. The maximum atomic E-state index is 12.4. The Hall–Kier alpha value is -1.95. The second-order valence-electron chi connectivity index (χ2n) is 4.58. The van der Waals surface area contributed by atoms with Gasteiger partial charge in [-0.3, -0.25) is 19.8 Å². The van der Waals surface area contributed by atoms with E-state index in [1.807, 2.05) is 13.0 Å². The molecule has 0 saturated carbocycles. The number of aryl methyl sites for hydroxylation is 1. The van der Waals surface area contributed by atoms with Gasteiger partial charge < -0.3 is 0 Å². The number of hydrogen-bond donors (Lipinski definition) is 1. The first kappa shape index (κ1) is 14.5. The Labute approximate surface area is 124 Å². The van der Waals surface area contributed by atoms with Crippen molar-refractivity contribution in [2.75, 3.05) is 6.54 Å². The maximum absolute atomic E-state index is 12.4. The molecule has 1 heterocycles. The number of rotatable bonds is 3. The van der Waals surface area contributed by atoms with Crippen LogP contribution in [0, 0.1) is 6.92 Å². The van der Waals surface area contributed by atoms with Crippen LogP contribution in [0.4, 0.5) is 4.79 Å². The van der Waals surface area contributed by atoms with E-state index in [1.54, 1.807) is 18.2 Å². The minimum atomic E-state index is -1.00. The molecule has 4 amide bonds. The van der Waals surface area contributed by atoms with Gasteiger partial charge in [0, 0.05) is 4.48 Å². The van der Waals surface area contributed by atoms with Crippen molar-refractivity contribution in [3.63, 3.8) is 0 Å². The van der Waals surface area contributed by atoms with E-state index in [1.165, 1.54) is 0 Å². The van der Waals surface area contributed by atoms with Crippen LogP contribution in [0.2, 0.25) is 0 Å². The van der Waals surface area contributed by atoms with Gasteiger partial charge >= 0.3 is 6.03 Å². The molecule has 1 aromatic carbocycles. The Balaban J connectivity index is 2.37. The molecule has 1 saturated heterocycles. The standard InChI is InChI=1S/C14H13BrN2O3/c1-8-4-3-5-10(6-8)11-12(18)16-14(20)17(13(11)19)7-9(2)15/h3-6,11H,2,7H2,1H3,(H,16,18,20). The summed E-state index contributed by atoms with van der Waals surface area (Å²) in [5.41, 5.74) is 1.52. The van der Waals surface area contributed by atoms with Gasteiger partial charge in [0.15, 0.2) is 0 Å². The molecule has 1 aliphatic heterocycles. The highest BCUT2D eigenvalue weighted by atomic mass is 79.9. The summed E-state index contributed by atoms with van der Waals surface area (Å²) >= 11 is 3.11. The lowest BCUT2D eigenvalue weighted by Crippen LogP contribution is -2.57. The minimum Gasteiger partial charge on any atom is -0.277 e. The zero-order chi connectivity index (χ0) is 14.9. The summed E-state index contributed by atoms with van der Waals surface area (Å²) in [7, 11) is 0. The Morgan fingerprint density at radius 1 is 1.40 bits per heavy atom. The first-order chi connectivity index (χ1) is 9.40. The molecule has 1 aliphatic rings. The van der Waals surface area contributed by atoms with Crippen molar-refractivity contribution < 1.29 is 14.4 Å². The predicted octanol–water partition coefficient (Wildman–Crippen LogP) is 2.07. The fourth-order valence-electron chi connectivity index (χ4n) is 2.08. The van der Waals surface area contributed by atoms with E-state index in [4.69, 9.17) is 0 Å². The number of carbonyl (C=O) groups excluding carboxylic acids is 3. The summed E-state index contributed by atoms with van der Waals surface area (Å²) < 4.78 is 0.485. The van der Waals surface area contributed by atoms with Crippen molar-refractivity contribution in [3.8, 4) is 0 Å². The average molecular weight is 337 g/mol. The molecule has 1 atom stereocenters. The molecule has 104 valence electrons. The zero-order valence-electron chi connectivity index (χ0n) is 10.9. The smallest absolute Gasteiger partial charge is 0.277 e. The largest absolute Gasteiger partial charge is 0.331 e. The van der Waals surface area contributed by atoms with Crippen LogP contribution in [0.25, 0.3) is 0 Å². The predicted molar refractivity (Wildman–Crippen MR) is 77.2 cm³/mol. The Morgan fingerprint density at radius 3 is 2.70 bits per heavy atom. The Bertz CT molecular complexity index is 612. The molecule has 1 N–H and O–H groups in total. The van der Waals surface area contributed by atoms with Crippen molar-refractivity contribution in [2.24, 2.45) is 0 Å². The second-order valence-corrected chi connectivity index (χ2v) is 5.70. The lowest BCUT2D eigenvalue weighted by molar-refractivity contribution is -0.138. The van der Waals surface area contributed by atoms with Crippen LogP contribution < -0.4 is 5.32 Å². The highest BCUT2D eigenvalue weighted by Crippen LogP contribution is 2.24. The highest BCUT2D eigenvalue weighted by molar-refractivity contribution is 9.11. The van der Waals surface area contributed by atoms with Crippen LogP contribution >= 0.6 is 15.9 Å². The fraction of sp³-hybridized carbons (Fsp3) is 0.214. The molecule has 1 unspecified atom stereocenters. The number of benzene rings is 1. The second kappa shape index (κ2) is 5.58.